The van der Waals surface area contributed by atoms with Gasteiger partial charge in [-0.3, -0.25) is 0 Å². The molecule has 0 aliphatic carbocycles. The Labute approximate surface area is 221 Å². The van der Waals surface area contributed by atoms with E-state index in [1.165, 1.54) is 20.3 Å². The van der Waals surface area contributed by atoms with E-state index in [1.54, 1.807) is 85.2 Å². The number of hydrogen-bond donors (Lipinski definition) is 0. The van der Waals surface area contributed by atoms with Gasteiger partial charge in [-0.05, 0) is 74.5 Å². The summed E-state index contributed by atoms with van der Waals surface area (Å²) in [6.45, 7) is 3.84. The van der Waals surface area contributed by atoms with Crippen LogP contribution in [0.25, 0.3) is 22.1 Å². The molecule has 0 unspecified atom stereocenters. The number of benzene rings is 2. The first-order chi connectivity index (χ1) is 18.2. The number of aromatic nitrogens is 4. The number of fused-ring (bicyclic) bond motifs is 2. The van der Waals surface area contributed by atoms with Crippen molar-refractivity contribution in [3.63, 3.8) is 0 Å². The highest BCUT2D eigenvalue weighted by Crippen LogP contribution is 2.22. The maximum absolute atomic E-state index is 12.5. The van der Waals surface area contributed by atoms with Crippen LogP contribution in [0, 0.1) is 13.8 Å². The monoisotopic (exact) mass is 544 g/mol. The second-order valence-corrected chi connectivity index (χ2v) is 12.3. The molecule has 0 saturated heterocycles. The van der Waals surface area contributed by atoms with Crippen molar-refractivity contribution < 1.29 is 16.8 Å². The lowest BCUT2D eigenvalue weighted by molar-refractivity contribution is 0.587. The largest absolute Gasteiger partial charge is 0.269 e. The second kappa shape index (κ2) is 9.88. The van der Waals surface area contributed by atoms with Gasteiger partial charge in [0, 0.05) is 35.6 Å². The fourth-order valence-electron chi connectivity index (χ4n) is 3.92. The van der Waals surface area contributed by atoms with Crippen molar-refractivity contribution in [2.24, 2.45) is 0 Å². The van der Waals surface area contributed by atoms with Gasteiger partial charge in [-0.1, -0.05) is 35.4 Å². The van der Waals surface area contributed by atoms with Crippen molar-refractivity contribution in [3.05, 3.63) is 121 Å². The highest BCUT2D eigenvalue weighted by Gasteiger charge is 2.20. The van der Waals surface area contributed by atoms with Crippen molar-refractivity contribution >= 4 is 42.1 Å². The molecule has 0 aliphatic rings. The Kier molecular flexibility index (Phi) is 6.60. The van der Waals surface area contributed by atoms with Gasteiger partial charge in [-0.15, -0.1) is 0 Å². The average molecular weight is 545 g/mol. The van der Waals surface area contributed by atoms with Crippen LogP contribution in [0.5, 0.6) is 0 Å². The molecule has 4 heterocycles. The zero-order chi connectivity index (χ0) is 26.9. The molecule has 192 valence electrons. The van der Waals surface area contributed by atoms with E-state index < -0.39 is 20.0 Å². The molecule has 6 rings (SSSR count). The summed E-state index contributed by atoms with van der Waals surface area (Å²) in [6, 6.07) is 24.3. The molecule has 4 aromatic heterocycles. The van der Waals surface area contributed by atoms with Crippen LogP contribution in [0.15, 0.2) is 120 Å². The molecule has 0 N–H and O–H groups in total. The smallest absolute Gasteiger partial charge is 0.237 e. The Morgan fingerprint density at radius 3 is 1.26 bits per heavy atom. The van der Waals surface area contributed by atoms with E-state index in [-0.39, 0.29) is 9.79 Å². The molecule has 0 spiro atoms. The SMILES string of the molecule is Cc1ccc(S(=O)(=O)n2ccc3cccnc32)cc1.Cc1ccc(S(=O)(=O)n2ccc3cccnc32)cc1. The molecule has 0 atom stereocenters. The van der Waals surface area contributed by atoms with Gasteiger partial charge < -0.3 is 0 Å². The van der Waals surface area contributed by atoms with Crippen LogP contribution in [0.1, 0.15) is 11.1 Å². The molecule has 8 nitrogen and oxygen atoms in total. The van der Waals surface area contributed by atoms with Crippen LogP contribution in [-0.4, -0.2) is 34.7 Å². The Morgan fingerprint density at radius 1 is 0.526 bits per heavy atom. The minimum atomic E-state index is -3.58. The lowest BCUT2D eigenvalue weighted by Crippen LogP contribution is -2.12. The molecule has 6 aromatic rings. The summed E-state index contributed by atoms with van der Waals surface area (Å²) in [7, 11) is -7.17. The summed E-state index contributed by atoms with van der Waals surface area (Å²) in [6.07, 6.45) is 6.24. The van der Waals surface area contributed by atoms with E-state index in [0.29, 0.717) is 11.3 Å². The Hall–Kier alpha value is -4.28. The number of rotatable bonds is 4. The number of pyridine rings is 2. The van der Waals surface area contributed by atoms with E-state index in [4.69, 9.17) is 0 Å². The lowest BCUT2D eigenvalue weighted by Gasteiger charge is -2.07. The third-order valence-corrected chi connectivity index (χ3v) is 9.35. The number of nitrogens with zero attached hydrogens (tertiary/aromatic N) is 4. The van der Waals surface area contributed by atoms with Crippen LogP contribution in [0.4, 0.5) is 0 Å². The molecule has 10 heteroatoms. The van der Waals surface area contributed by atoms with Gasteiger partial charge in [-0.25, -0.2) is 34.7 Å². The van der Waals surface area contributed by atoms with Gasteiger partial charge in [-0.2, -0.15) is 0 Å². The van der Waals surface area contributed by atoms with E-state index in [0.717, 1.165) is 21.9 Å². The normalized spacial score (nSPS) is 11.8. The summed E-state index contributed by atoms with van der Waals surface area (Å²) >= 11 is 0. The molecular formula is C28H24N4O4S2. The van der Waals surface area contributed by atoms with Crippen LogP contribution in [0.2, 0.25) is 0 Å². The van der Waals surface area contributed by atoms with Crippen molar-refractivity contribution in [1.82, 2.24) is 17.9 Å². The molecule has 0 saturated carbocycles. The molecule has 0 radical (unpaired) electrons. The standard InChI is InChI=1S/2C14H12N2O2S/c2*1-11-4-6-13(7-5-11)19(17,18)16-10-8-12-3-2-9-15-14(12)16/h2*2-10H,1H3. The molecule has 0 fully saturated rings. The molecule has 0 bridgehead atoms. The summed E-state index contributed by atoms with van der Waals surface area (Å²) < 4.78 is 52.6. The minimum absolute atomic E-state index is 0.265. The third-order valence-electron chi connectivity index (χ3n) is 5.99. The topological polar surface area (TPSA) is 104 Å². The fourth-order valence-corrected chi connectivity index (χ4v) is 6.54. The average Bonchev–Trinajstić information content (AvgIpc) is 3.55. The van der Waals surface area contributed by atoms with Gasteiger partial charge in [0.05, 0.1) is 9.79 Å². The summed E-state index contributed by atoms with van der Waals surface area (Å²) in [5.41, 5.74) is 2.94. The van der Waals surface area contributed by atoms with Gasteiger partial charge in [0.15, 0.2) is 11.3 Å². The minimum Gasteiger partial charge on any atom is -0.237 e. The third kappa shape index (κ3) is 4.71. The Balaban J connectivity index is 0.000000155. The first-order valence-electron chi connectivity index (χ1n) is 11.7. The predicted octanol–water partition coefficient (Wildman–Crippen LogP) is 5.16. The molecule has 2 aromatic carbocycles. The highest BCUT2D eigenvalue weighted by atomic mass is 32.2. The molecular weight excluding hydrogens is 520 g/mol. The summed E-state index contributed by atoms with van der Waals surface area (Å²) in [4.78, 5) is 8.80. The fraction of sp³-hybridized carbons (Fsp3) is 0.0714. The van der Waals surface area contributed by atoms with Crippen molar-refractivity contribution in [2.75, 3.05) is 0 Å². The number of aryl methyl sites for hydroxylation is 2. The first-order valence-corrected chi connectivity index (χ1v) is 14.5. The quantitative estimate of drug-likeness (QED) is 0.304. The first kappa shape index (κ1) is 25.4. The Bertz CT molecular complexity index is 1810. The van der Waals surface area contributed by atoms with E-state index in [1.807, 2.05) is 26.0 Å². The lowest BCUT2D eigenvalue weighted by atomic mass is 10.2. The van der Waals surface area contributed by atoms with Crippen LogP contribution in [-0.2, 0) is 20.0 Å². The van der Waals surface area contributed by atoms with Gasteiger partial charge in [0.1, 0.15) is 0 Å². The van der Waals surface area contributed by atoms with E-state index >= 15 is 0 Å². The summed E-state index contributed by atoms with van der Waals surface area (Å²) in [5, 5.41) is 1.61. The van der Waals surface area contributed by atoms with Crippen LogP contribution >= 0.6 is 0 Å². The molecule has 0 amide bonds. The second-order valence-electron chi connectivity index (χ2n) is 8.69. The van der Waals surface area contributed by atoms with Gasteiger partial charge in [0.25, 0.3) is 20.0 Å². The van der Waals surface area contributed by atoms with Crippen molar-refractivity contribution in [2.45, 2.75) is 23.6 Å². The Morgan fingerprint density at radius 2 is 0.895 bits per heavy atom. The molecule has 38 heavy (non-hydrogen) atoms. The molecule has 0 aliphatic heterocycles. The zero-order valence-corrected chi connectivity index (χ0v) is 22.3. The van der Waals surface area contributed by atoms with Crippen LogP contribution < -0.4 is 0 Å². The predicted molar refractivity (Wildman–Crippen MR) is 147 cm³/mol. The summed E-state index contributed by atoms with van der Waals surface area (Å²) in [5.74, 6) is 0. The zero-order valence-electron chi connectivity index (χ0n) is 20.6. The number of hydrogen-bond acceptors (Lipinski definition) is 6. The van der Waals surface area contributed by atoms with Crippen molar-refractivity contribution in [1.29, 1.82) is 0 Å². The maximum Gasteiger partial charge on any atom is 0.269 e. The maximum atomic E-state index is 12.5. The highest BCUT2D eigenvalue weighted by molar-refractivity contribution is 7.90. The van der Waals surface area contributed by atoms with Crippen LogP contribution in [0.3, 0.4) is 0 Å². The van der Waals surface area contributed by atoms with Crippen molar-refractivity contribution in [3.8, 4) is 0 Å². The van der Waals surface area contributed by atoms with Gasteiger partial charge in [0.2, 0.25) is 0 Å². The van der Waals surface area contributed by atoms with E-state index in [9.17, 15) is 16.8 Å². The van der Waals surface area contributed by atoms with E-state index in [2.05, 4.69) is 9.97 Å². The van der Waals surface area contributed by atoms with Gasteiger partial charge >= 0.3 is 0 Å².